The van der Waals surface area contributed by atoms with E-state index in [1.807, 2.05) is 0 Å². The molecule has 1 saturated heterocycles. The Hall–Kier alpha value is -0.540. The normalized spacial score (nSPS) is 18.3. The van der Waals surface area contributed by atoms with Crippen molar-refractivity contribution in [2.24, 2.45) is 0 Å². The van der Waals surface area contributed by atoms with Gasteiger partial charge in [0.25, 0.3) is 0 Å². The number of hydrogen-bond donors (Lipinski definition) is 1. The van der Waals surface area contributed by atoms with Crippen LogP contribution in [0.5, 0.6) is 0 Å². The zero-order valence-corrected chi connectivity index (χ0v) is 10.5. The molecule has 2 rings (SSSR count). The molecule has 0 spiro atoms. The van der Waals surface area contributed by atoms with E-state index in [-0.39, 0.29) is 0 Å². The lowest BCUT2D eigenvalue weighted by atomic mass is 10.2. The molecule has 0 aliphatic carbocycles. The third kappa shape index (κ3) is 3.21. The van der Waals surface area contributed by atoms with E-state index in [2.05, 4.69) is 50.4 Å². The zero-order valence-electron chi connectivity index (χ0n) is 8.88. The average Bonchev–Trinajstić information content (AvgIpc) is 2.19. The van der Waals surface area contributed by atoms with Crippen LogP contribution in [0.1, 0.15) is 12.8 Å². The smallest absolute Gasteiger partial charge is 0.0366 e. The van der Waals surface area contributed by atoms with Crippen LogP contribution in [-0.4, -0.2) is 26.2 Å². The van der Waals surface area contributed by atoms with Crippen molar-refractivity contribution in [3.8, 4) is 0 Å². The van der Waals surface area contributed by atoms with Crippen molar-refractivity contribution >= 4 is 21.6 Å². The van der Waals surface area contributed by atoms with Gasteiger partial charge in [0.15, 0.2) is 0 Å². The molecule has 3 heteroatoms. The highest BCUT2D eigenvalue weighted by atomic mass is 79.9. The van der Waals surface area contributed by atoms with Gasteiger partial charge in [-0.2, -0.15) is 0 Å². The second-order valence-electron chi connectivity index (χ2n) is 3.92. The standard InChI is InChI=1S/C12H17BrN2/c13-11-3-5-12(6-4-11)15-9-1-7-14-8-2-10-15/h3-6,14H,1-2,7-10H2. The average molecular weight is 269 g/mol. The minimum absolute atomic E-state index is 1.15. The van der Waals surface area contributed by atoms with E-state index in [1.54, 1.807) is 0 Å². The predicted molar refractivity (Wildman–Crippen MR) is 68.5 cm³/mol. The van der Waals surface area contributed by atoms with Crippen LogP contribution in [0.15, 0.2) is 28.7 Å². The molecule has 15 heavy (non-hydrogen) atoms. The van der Waals surface area contributed by atoms with Crippen molar-refractivity contribution in [2.45, 2.75) is 12.8 Å². The van der Waals surface area contributed by atoms with Crippen molar-refractivity contribution in [3.05, 3.63) is 28.7 Å². The minimum Gasteiger partial charge on any atom is -0.371 e. The van der Waals surface area contributed by atoms with Gasteiger partial charge < -0.3 is 10.2 Å². The molecule has 82 valence electrons. The second-order valence-corrected chi connectivity index (χ2v) is 4.84. The lowest BCUT2D eigenvalue weighted by molar-refractivity contribution is 0.567. The largest absolute Gasteiger partial charge is 0.371 e. The number of nitrogens with zero attached hydrogens (tertiary/aromatic N) is 1. The van der Waals surface area contributed by atoms with Crippen LogP contribution < -0.4 is 10.2 Å². The van der Waals surface area contributed by atoms with Crippen molar-refractivity contribution in [1.29, 1.82) is 0 Å². The zero-order chi connectivity index (χ0) is 10.5. The van der Waals surface area contributed by atoms with Crippen molar-refractivity contribution in [3.63, 3.8) is 0 Å². The van der Waals surface area contributed by atoms with Crippen LogP contribution >= 0.6 is 15.9 Å². The molecule has 1 aliphatic heterocycles. The maximum Gasteiger partial charge on any atom is 0.0366 e. The summed E-state index contributed by atoms with van der Waals surface area (Å²) in [5.74, 6) is 0. The van der Waals surface area contributed by atoms with Crippen LogP contribution in [0.2, 0.25) is 0 Å². The molecule has 0 aromatic heterocycles. The molecule has 0 atom stereocenters. The summed E-state index contributed by atoms with van der Waals surface area (Å²) in [6.45, 7) is 4.61. The fourth-order valence-corrected chi connectivity index (χ4v) is 2.20. The van der Waals surface area contributed by atoms with Gasteiger partial charge in [0.1, 0.15) is 0 Å². The predicted octanol–water partition coefficient (Wildman–Crippen LogP) is 2.64. The molecule has 0 bridgehead atoms. The van der Waals surface area contributed by atoms with Crippen molar-refractivity contribution in [1.82, 2.24) is 5.32 Å². The molecule has 1 N–H and O–H groups in total. The Bertz CT molecular complexity index is 289. The molecule has 1 aliphatic rings. The van der Waals surface area contributed by atoms with Gasteiger partial charge in [-0.05, 0) is 50.2 Å². The Kier molecular flexibility index (Phi) is 4.03. The summed E-state index contributed by atoms with van der Waals surface area (Å²) < 4.78 is 1.15. The molecule has 2 nitrogen and oxygen atoms in total. The first-order chi connectivity index (χ1) is 7.36. The van der Waals surface area contributed by atoms with E-state index in [0.717, 1.165) is 30.7 Å². The van der Waals surface area contributed by atoms with Gasteiger partial charge in [-0.1, -0.05) is 15.9 Å². The van der Waals surface area contributed by atoms with E-state index < -0.39 is 0 Å². The van der Waals surface area contributed by atoms with Gasteiger partial charge in [-0.3, -0.25) is 0 Å². The third-order valence-electron chi connectivity index (χ3n) is 2.75. The molecular weight excluding hydrogens is 252 g/mol. The van der Waals surface area contributed by atoms with E-state index in [4.69, 9.17) is 0 Å². The highest BCUT2D eigenvalue weighted by Gasteiger charge is 2.07. The summed E-state index contributed by atoms with van der Waals surface area (Å²) in [5.41, 5.74) is 1.35. The van der Waals surface area contributed by atoms with E-state index in [0.29, 0.717) is 0 Å². The van der Waals surface area contributed by atoms with E-state index in [9.17, 15) is 0 Å². The first kappa shape index (κ1) is 11.0. The first-order valence-electron chi connectivity index (χ1n) is 5.57. The minimum atomic E-state index is 1.15. The summed E-state index contributed by atoms with van der Waals surface area (Å²) >= 11 is 3.47. The number of halogens is 1. The van der Waals surface area contributed by atoms with Gasteiger partial charge in [0.05, 0.1) is 0 Å². The summed E-state index contributed by atoms with van der Waals surface area (Å²) in [5, 5.41) is 3.43. The molecule has 0 saturated carbocycles. The number of rotatable bonds is 1. The SMILES string of the molecule is Brc1ccc(N2CCCNCCC2)cc1. The molecule has 1 heterocycles. The molecule has 0 amide bonds. The number of anilines is 1. The Morgan fingerprint density at radius 2 is 1.60 bits per heavy atom. The summed E-state index contributed by atoms with van der Waals surface area (Å²) in [6, 6.07) is 8.62. The van der Waals surface area contributed by atoms with Gasteiger partial charge >= 0.3 is 0 Å². The lowest BCUT2D eigenvalue weighted by Crippen LogP contribution is -2.33. The summed E-state index contributed by atoms with van der Waals surface area (Å²) in [4.78, 5) is 2.48. The Morgan fingerprint density at radius 1 is 1.00 bits per heavy atom. The van der Waals surface area contributed by atoms with Crippen LogP contribution in [0.25, 0.3) is 0 Å². The number of benzene rings is 1. The van der Waals surface area contributed by atoms with Gasteiger partial charge in [-0.25, -0.2) is 0 Å². The maximum atomic E-state index is 3.47. The summed E-state index contributed by atoms with van der Waals surface area (Å²) in [6.07, 6.45) is 2.46. The molecule has 1 fully saturated rings. The van der Waals surface area contributed by atoms with E-state index in [1.165, 1.54) is 18.5 Å². The van der Waals surface area contributed by atoms with Crippen molar-refractivity contribution < 1.29 is 0 Å². The highest BCUT2D eigenvalue weighted by molar-refractivity contribution is 9.10. The van der Waals surface area contributed by atoms with Gasteiger partial charge in [-0.15, -0.1) is 0 Å². The fraction of sp³-hybridized carbons (Fsp3) is 0.500. The Balaban J connectivity index is 2.03. The number of hydrogen-bond acceptors (Lipinski definition) is 2. The second kappa shape index (κ2) is 5.52. The third-order valence-corrected chi connectivity index (χ3v) is 3.28. The fourth-order valence-electron chi connectivity index (χ4n) is 1.94. The van der Waals surface area contributed by atoms with Crippen LogP contribution in [0, 0.1) is 0 Å². The van der Waals surface area contributed by atoms with Gasteiger partial charge in [0.2, 0.25) is 0 Å². The van der Waals surface area contributed by atoms with E-state index >= 15 is 0 Å². The molecule has 0 radical (unpaired) electrons. The molecule has 1 aromatic rings. The first-order valence-corrected chi connectivity index (χ1v) is 6.37. The van der Waals surface area contributed by atoms with Crippen molar-refractivity contribution in [2.75, 3.05) is 31.1 Å². The van der Waals surface area contributed by atoms with Crippen LogP contribution in [-0.2, 0) is 0 Å². The monoisotopic (exact) mass is 268 g/mol. The Morgan fingerprint density at radius 3 is 2.20 bits per heavy atom. The molecule has 0 unspecified atom stereocenters. The summed E-state index contributed by atoms with van der Waals surface area (Å²) in [7, 11) is 0. The molecular formula is C12H17BrN2. The van der Waals surface area contributed by atoms with Gasteiger partial charge in [0, 0.05) is 23.2 Å². The quantitative estimate of drug-likeness (QED) is 0.843. The highest BCUT2D eigenvalue weighted by Crippen LogP contribution is 2.19. The molecule has 1 aromatic carbocycles. The topological polar surface area (TPSA) is 15.3 Å². The number of nitrogens with one attached hydrogen (secondary N) is 1. The Labute approximate surface area is 99.8 Å². The maximum absolute atomic E-state index is 3.47. The lowest BCUT2D eigenvalue weighted by Gasteiger charge is -2.27. The van der Waals surface area contributed by atoms with Crippen LogP contribution in [0.3, 0.4) is 0 Å². The van der Waals surface area contributed by atoms with Crippen LogP contribution in [0.4, 0.5) is 5.69 Å².